The van der Waals surface area contributed by atoms with E-state index in [2.05, 4.69) is 20.4 Å². The minimum absolute atomic E-state index is 0. The Hall–Kier alpha value is -0.570. The molecule has 0 amide bonds. The number of carbonyl (C=O) groups is 1. The first kappa shape index (κ1) is 20.7. The van der Waals surface area contributed by atoms with Crippen LogP contribution in [0.25, 0.3) is 0 Å². The number of hydrogen-bond acceptors (Lipinski definition) is 4. The van der Waals surface area contributed by atoms with Gasteiger partial charge in [0, 0.05) is 33.2 Å². The van der Waals surface area contributed by atoms with Gasteiger partial charge in [0.25, 0.3) is 0 Å². The van der Waals surface area contributed by atoms with Gasteiger partial charge in [0.15, 0.2) is 5.96 Å². The smallest absolute Gasteiger partial charge is 0.305 e. The number of hydrogen-bond donors (Lipinski definition) is 2. The highest BCUT2D eigenvalue weighted by molar-refractivity contribution is 14.0. The molecule has 2 N–H and O–H groups in total. The van der Waals surface area contributed by atoms with E-state index in [1.54, 1.807) is 14.2 Å². The Morgan fingerprint density at radius 1 is 1.32 bits per heavy atom. The number of aliphatic imine (C=N–C) groups is 1. The van der Waals surface area contributed by atoms with Crippen molar-refractivity contribution in [3.63, 3.8) is 0 Å². The van der Waals surface area contributed by atoms with Gasteiger partial charge in [0.2, 0.25) is 0 Å². The van der Waals surface area contributed by atoms with Crippen molar-refractivity contribution in [3.05, 3.63) is 0 Å². The van der Waals surface area contributed by atoms with Gasteiger partial charge in [-0.3, -0.25) is 9.79 Å². The standard InChI is InChI=1S/C12H25N3O3.HI/c1-10(9-17-3)15-12(13-2)14-8-6-5-7-11(16)18-4;/h10H,5-9H2,1-4H3,(H2,13,14,15);1H. The van der Waals surface area contributed by atoms with Crippen molar-refractivity contribution in [3.8, 4) is 0 Å². The van der Waals surface area contributed by atoms with Crippen LogP contribution in [-0.4, -0.2) is 52.4 Å². The number of rotatable bonds is 8. The molecule has 0 aromatic rings. The second-order valence-corrected chi connectivity index (χ2v) is 4.03. The molecular formula is C12H26IN3O3. The molecule has 19 heavy (non-hydrogen) atoms. The predicted octanol–water partition coefficient (Wildman–Crippen LogP) is 1.15. The van der Waals surface area contributed by atoms with Gasteiger partial charge in [0.1, 0.15) is 0 Å². The second-order valence-electron chi connectivity index (χ2n) is 4.03. The monoisotopic (exact) mass is 387 g/mol. The molecule has 0 saturated heterocycles. The lowest BCUT2D eigenvalue weighted by atomic mass is 10.2. The van der Waals surface area contributed by atoms with Gasteiger partial charge in [-0.15, -0.1) is 24.0 Å². The number of ether oxygens (including phenoxy) is 2. The Morgan fingerprint density at radius 3 is 2.53 bits per heavy atom. The third-order valence-corrected chi connectivity index (χ3v) is 2.35. The fourth-order valence-corrected chi connectivity index (χ4v) is 1.42. The third kappa shape index (κ3) is 12.2. The van der Waals surface area contributed by atoms with Crippen molar-refractivity contribution >= 4 is 35.9 Å². The van der Waals surface area contributed by atoms with E-state index in [4.69, 9.17) is 4.74 Å². The Morgan fingerprint density at radius 2 is 2.00 bits per heavy atom. The van der Waals surface area contributed by atoms with Crippen LogP contribution in [0, 0.1) is 0 Å². The molecule has 0 bridgehead atoms. The zero-order valence-electron chi connectivity index (χ0n) is 12.2. The molecule has 0 saturated carbocycles. The molecule has 0 aliphatic carbocycles. The van der Waals surface area contributed by atoms with Crippen LogP contribution in [0.15, 0.2) is 4.99 Å². The summed E-state index contributed by atoms with van der Waals surface area (Å²) in [4.78, 5) is 15.0. The van der Waals surface area contributed by atoms with Gasteiger partial charge >= 0.3 is 5.97 Å². The third-order valence-electron chi connectivity index (χ3n) is 2.35. The SMILES string of the molecule is CN=C(NCCCCC(=O)OC)NC(C)COC.I. The maximum atomic E-state index is 10.9. The van der Waals surface area contributed by atoms with Gasteiger partial charge in [-0.2, -0.15) is 0 Å². The zero-order chi connectivity index (χ0) is 13.8. The van der Waals surface area contributed by atoms with Crippen molar-refractivity contribution in [1.29, 1.82) is 0 Å². The van der Waals surface area contributed by atoms with Crippen LogP contribution in [0.3, 0.4) is 0 Å². The van der Waals surface area contributed by atoms with Crippen molar-refractivity contribution in [2.75, 3.05) is 34.4 Å². The molecule has 1 unspecified atom stereocenters. The molecule has 1 atom stereocenters. The Bertz CT molecular complexity index is 263. The van der Waals surface area contributed by atoms with Crippen LogP contribution in [0.2, 0.25) is 0 Å². The van der Waals surface area contributed by atoms with E-state index in [1.807, 2.05) is 6.92 Å². The average molecular weight is 387 g/mol. The van der Waals surface area contributed by atoms with Gasteiger partial charge in [0.05, 0.1) is 13.7 Å². The first-order valence-corrected chi connectivity index (χ1v) is 6.17. The zero-order valence-corrected chi connectivity index (χ0v) is 14.5. The summed E-state index contributed by atoms with van der Waals surface area (Å²) in [7, 11) is 4.80. The normalized spacial score (nSPS) is 12.3. The van der Waals surface area contributed by atoms with Gasteiger partial charge in [-0.05, 0) is 19.8 Å². The lowest BCUT2D eigenvalue weighted by Crippen LogP contribution is -2.44. The molecule has 7 heteroatoms. The maximum absolute atomic E-state index is 10.9. The quantitative estimate of drug-likeness (QED) is 0.215. The lowest BCUT2D eigenvalue weighted by Gasteiger charge is -2.17. The minimum atomic E-state index is -0.161. The summed E-state index contributed by atoms with van der Waals surface area (Å²) in [6, 6.07) is 0.205. The van der Waals surface area contributed by atoms with Crippen molar-refractivity contribution < 1.29 is 14.3 Å². The number of methoxy groups -OCH3 is 2. The van der Waals surface area contributed by atoms with Crippen LogP contribution >= 0.6 is 24.0 Å². The van der Waals surface area contributed by atoms with E-state index >= 15 is 0 Å². The van der Waals surface area contributed by atoms with Crippen molar-refractivity contribution in [2.24, 2.45) is 4.99 Å². The van der Waals surface area contributed by atoms with E-state index < -0.39 is 0 Å². The summed E-state index contributed by atoms with van der Waals surface area (Å²) < 4.78 is 9.60. The van der Waals surface area contributed by atoms with Crippen LogP contribution < -0.4 is 10.6 Å². The highest BCUT2D eigenvalue weighted by atomic mass is 127. The summed E-state index contributed by atoms with van der Waals surface area (Å²) >= 11 is 0. The minimum Gasteiger partial charge on any atom is -0.469 e. The Kier molecular flexibility index (Phi) is 15.1. The van der Waals surface area contributed by atoms with Crippen LogP contribution in [0.5, 0.6) is 0 Å². The van der Waals surface area contributed by atoms with Gasteiger partial charge in [-0.25, -0.2) is 0 Å². The van der Waals surface area contributed by atoms with Gasteiger partial charge < -0.3 is 20.1 Å². The average Bonchev–Trinajstić information content (AvgIpc) is 2.36. The summed E-state index contributed by atoms with van der Waals surface area (Å²) in [5.41, 5.74) is 0. The predicted molar refractivity (Wildman–Crippen MR) is 87.1 cm³/mol. The molecule has 0 fully saturated rings. The highest BCUT2D eigenvalue weighted by Gasteiger charge is 2.04. The van der Waals surface area contributed by atoms with Crippen LogP contribution in [-0.2, 0) is 14.3 Å². The molecule has 0 spiro atoms. The number of carbonyl (C=O) groups excluding carboxylic acids is 1. The van der Waals surface area contributed by atoms with Crippen molar-refractivity contribution in [1.82, 2.24) is 10.6 Å². The van der Waals surface area contributed by atoms with E-state index in [0.717, 1.165) is 25.3 Å². The number of nitrogens with zero attached hydrogens (tertiary/aromatic N) is 1. The molecule has 6 nitrogen and oxygen atoms in total. The summed E-state index contributed by atoms with van der Waals surface area (Å²) in [6.07, 6.45) is 2.17. The first-order chi connectivity index (χ1) is 8.63. The number of unbranched alkanes of at least 4 members (excludes halogenated alkanes) is 1. The van der Waals surface area contributed by atoms with Crippen molar-refractivity contribution in [2.45, 2.75) is 32.2 Å². The Balaban J connectivity index is 0. The molecule has 0 aliphatic rings. The van der Waals surface area contributed by atoms with Crippen LogP contribution in [0.1, 0.15) is 26.2 Å². The molecule has 0 radical (unpaired) electrons. The number of nitrogens with one attached hydrogen (secondary N) is 2. The maximum Gasteiger partial charge on any atom is 0.305 e. The first-order valence-electron chi connectivity index (χ1n) is 6.17. The molecule has 0 rings (SSSR count). The summed E-state index contributed by atoms with van der Waals surface area (Å²) in [5, 5.41) is 6.38. The molecule has 0 aromatic carbocycles. The van der Waals surface area contributed by atoms with E-state index in [1.165, 1.54) is 7.11 Å². The summed E-state index contributed by atoms with van der Waals surface area (Å²) in [5.74, 6) is 0.587. The number of halogens is 1. The Labute approximate surface area is 132 Å². The molecule has 114 valence electrons. The van der Waals surface area contributed by atoms with E-state index in [-0.39, 0.29) is 36.0 Å². The number of esters is 1. The topological polar surface area (TPSA) is 72.0 Å². The molecule has 0 aromatic heterocycles. The molecule has 0 heterocycles. The lowest BCUT2D eigenvalue weighted by molar-refractivity contribution is -0.140. The van der Waals surface area contributed by atoms with Crippen LogP contribution in [0.4, 0.5) is 0 Å². The highest BCUT2D eigenvalue weighted by Crippen LogP contribution is 1.95. The fraction of sp³-hybridized carbons (Fsp3) is 0.833. The number of guanidine groups is 1. The second kappa shape index (κ2) is 13.9. The molecular weight excluding hydrogens is 361 g/mol. The van der Waals surface area contributed by atoms with Gasteiger partial charge in [-0.1, -0.05) is 0 Å². The van der Waals surface area contributed by atoms with E-state index in [9.17, 15) is 4.79 Å². The van der Waals surface area contributed by atoms with E-state index in [0.29, 0.717) is 13.0 Å². The molecule has 0 aliphatic heterocycles. The largest absolute Gasteiger partial charge is 0.469 e. The summed E-state index contributed by atoms with van der Waals surface area (Å²) in [6.45, 7) is 3.42. The fourth-order valence-electron chi connectivity index (χ4n) is 1.42.